The van der Waals surface area contributed by atoms with Crippen LogP contribution in [0.5, 0.6) is 0 Å². The lowest BCUT2D eigenvalue weighted by Crippen LogP contribution is -2.27. The second-order valence-corrected chi connectivity index (χ2v) is 4.18. The van der Waals surface area contributed by atoms with E-state index in [0.717, 1.165) is 32.4 Å². The highest BCUT2D eigenvalue weighted by Crippen LogP contribution is 2.20. The Bertz CT molecular complexity index is 213. The molecule has 0 bridgehead atoms. The zero-order valence-corrected chi connectivity index (χ0v) is 8.96. The first-order valence-electron chi connectivity index (χ1n) is 5.60. The number of hydrogen-bond acceptors (Lipinski definition) is 2. The number of nitriles is 1. The fourth-order valence-electron chi connectivity index (χ4n) is 2.06. The van der Waals surface area contributed by atoms with Crippen LogP contribution >= 0.6 is 0 Å². The average Bonchev–Trinajstić information content (AvgIpc) is 2.41. The molecule has 0 saturated carbocycles. The molecule has 1 unspecified atom stereocenters. The van der Waals surface area contributed by atoms with E-state index in [4.69, 9.17) is 5.26 Å². The van der Waals surface area contributed by atoms with Crippen molar-refractivity contribution in [2.24, 2.45) is 5.92 Å². The van der Waals surface area contributed by atoms with Crippen LogP contribution in [0.25, 0.3) is 0 Å². The number of likely N-dealkylation sites (tertiary alicyclic amines) is 1. The molecule has 4 heteroatoms. The summed E-state index contributed by atoms with van der Waals surface area (Å²) >= 11 is 0. The molecule has 86 valence electrons. The zero-order valence-electron chi connectivity index (χ0n) is 8.96. The first-order chi connectivity index (χ1) is 7.22. The van der Waals surface area contributed by atoms with Gasteiger partial charge in [-0.15, -0.1) is 0 Å². The summed E-state index contributed by atoms with van der Waals surface area (Å²) in [6.45, 7) is 2.28. The molecule has 0 N–H and O–H groups in total. The first-order valence-corrected chi connectivity index (χ1v) is 5.60. The van der Waals surface area contributed by atoms with Crippen molar-refractivity contribution in [3.63, 3.8) is 0 Å². The van der Waals surface area contributed by atoms with Crippen LogP contribution in [0, 0.1) is 17.2 Å². The van der Waals surface area contributed by atoms with Crippen LogP contribution in [0.1, 0.15) is 32.1 Å². The maximum absolute atomic E-state index is 12.0. The smallest absolute Gasteiger partial charge is 0.239 e. The Morgan fingerprint density at radius 2 is 2.13 bits per heavy atom. The van der Waals surface area contributed by atoms with Crippen molar-refractivity contribution < 1.29 is 8.78 Å². The normalized spacial score (nSPS) is 23.7. The van der Waals surface area contributed by atoms with Gasteiger partial charge in [0, 0.05) is 19.4 Å². The van der Waals surface area contributed by atoms with E-state index in [-0.39, 0.29) is 6.42 Å². The maximum atomic E-state index is 12.0. The van der Waals surface area contributed by atoms with E-state index in [1.165, 1.54) is 0 Å². The summed E-state index contributed by atoms with van der Waals surface area (Å²) in [5, 5.41) is 8.59. The van der Waals surface area contributed by atoms with E-state index in [1.807, 2.05) is 0 Å². The zero-order chi connectivity index (χ0) is 11.1. The van der Waals surface area contributed by atoms with E-state index < -0.39 is 6.43 Å². The number of nitrogens with zero attached hydrogens (tertiary/aromatic N) is 2. The summed E-state index contributed by atoms with van der Waals surface area (Å²) in [5.74, 6) is 0.478. The largest absolute Gasteiger partial charge is 0.303 e. The van der Waals surface area contributed by atoms with Crippen LogP contribution < -0.4 is 0 Å². The third kappa shape index (κ3) is 5.08. The molecule has 0 spiro atoms. The van der Waals surface area contributed by atoms with Gasteiger partial charge in [0.2, 0.25) is 6.43 Å². The third-order valence-electron chi connectivity index (χ3n) is 2.98. The number of hydrogen-bond donors (Lipinski definition) is 0. The molecular formula is C11H18F2N2. The molecule has 1 atom stereocenters. The van der Waals surface area contributed by atoms with Crippen molar-refractivity contribution in [3.05, 3.63) is 0 Å². The van der Waals surface area contributed by atoms with Gasteiger partial charge in [0.05, 0.1) is 6.07 Å². The Morgan fingerprint density at radius 1 is 1.33 bits per heavy atom. The number of alkyl halides is 2. The highest BCUT2D eigenvalue weighted by atomic mass is 19.3. The Balaban J connectivity index is 2.23. The highest BCUT2D eigenvalue weighted by Gasteiger charge is 2.17. The molecule has 0 radical (unpaired) electrons. The van der Waals surface area contributed by atoms with Crippen molar-refractivity contribution in [1.82, 2.24) is 4.90 Å². The summed E-state index contributed by atoms with van der Waals surface area (Å²) in [4.78, 5) is 2.10. The lowest BCUT2D eigenvalue weighted by molar-refractivity contribution is 0.116. The summed E-state index contributed by atoms with van der Waals surface area (Å²) in [7, 11) is 0. The SMILES string of the molecule is N#CCC1CCCN(CCC(F)F)CC1. The fourth-order valence-corrected chi connectivity index (χ4v) is 2.06. The summed E-state index contributed by atoms with van der Waals surface area (Å²) in [5.41, 5.74) is 0. The lowest BCUT2D eigenvalue weighted by atomic mass is 9.98. The number of halogens is 2. The van der Waals surface area contributed by atoms with E-state index >= 15 is 0 Å². The second-order valence-electron chi connectivity index (χ2n) is 4.18. The van der Waals surface area contributed by atoms with E-state index in [1.54, 1.807) is 0 Å². The standard InChI is InChI=1S/C11H18F2N2/c12-11(13)5-9-15-7-1-2-10(3-6-14)4-8-15/h10-11H,1-5,7-9H2. The highest BCUT2D eigenvalue weighted by molar-refractivity contribution is 4.79. The van der Waals surface area contributed by atoms with Crippen molar-refractivity contribution in [2.45, 2.75) is 38.5 Å². The molecule has 0 amide bonds. The molecule has 2 nitrogen and oxygen atoms in total. The predicted molar refractivity (Wildman–Crippen MR) is 54.6 cm³/mol. The molecular weight excluding hydrogens is 198 g/mol. The van der Waals surface area contributed by atoms with Gasteiger partial charge in [-0.1, -0.05) is 0 Å². The van der Waals surface area contributed by atoms with Gasteiger partial charge in [0.1, 0.15) is 0 Å². The molecule has 1 fully saturated rings. The molecule has 1 saturated heterocycles. The predicted octanol–water partition coefficient (Wildman–Crippen LogP) is 2.66. The van der Waals surface area contributed by atoms with Crippen molar-refractivity contribution >= 4 is 0 Å². The minimum atomic E-state index is -2.19. The quantitative estimate of drug-likeness (QED) is 0.722. The lowest BCUT2D eigenvalue weighted by Gasteiger charge is -2.19. The van der Waals surface area contributed by atoms with Crippen LogP contribution in [0.3, 0.4) is 0 Å². The van der Waals surface area contributed by atoms with Gasteiger partial charge in [-0.3, -0.25) is 0 Å². The summed E-state index contributed by atoms with van der Waals surface area (Å²) in [6, 6.07) is 2.19. The molecule has 0 aromatic carbocycles. The molecule has 1 heterocycles. The topological polar surface area (TPSA) is 27.0 Å². The first kappa shape index (κ1) is 12.4. The van der Waals surface area contributed by atoms with Crippen molar-refractivity contribution in [1.29, 1.82) is 5.26 Å². The molecule has 0 aromatic rings. The fraction of sp³-hybridized carbons (Fsp3) is 0.909. The third-order valence-corrected chi connectivity index (χ3v) is 2.98. The Kier molecular flexibility index (Phi) is 5.56. The van der Waals surface area contributed by atoms with E-state index in [2.05, 4.69) is 11.0 Å². The van der Waals surface area contributed by atoms with Gasteiger partial charge >= 0.3 is 0 Å². The molecule has 1 aliphatic rings. The summed E-state index contributed by atoms with van der Waals surface area (Å²) in [6.07, 6.45) is 1.49. The summed E-state index contributed by atoms with van der Waals surface area (Å²) < 4.78 is 24.0. The van der Waals surface area contributed by atoms with Crippen LogP contribution in [0.4, 0.5) is 8.78 Å². The van der Waals surface area contributed by atoms with Gasteiger partial charge in [0.25, 0.3) is 0 Å². The second kappa shape index (κ2) is 6.73. The Morgan fingerprint density at radius 3 is 2.80 bits per heavy atom. The van der Waals surface area contributed by atoms with Crippen molar-refractivity contribution in [3.8, 4) is 6.07 Å². The Labute approximate surface area is 89.9 Å². The molecule has 1 aliphatic heterocycles. The van der Waals surface area contributed by atoms with Crippen LogP contribution in [-0.2, 0) is 0 Å². The molecule has 0 aliphatic carbocycles. The molecule has 1 rings (SSSR count). The van der Waals surface area contributed by atoms with Crippen LogP contribution in [0.15, 0.2) is 0 Å². The minimum absolute atomic E-state index is 0.0249. The maximum Gasteiger partial charge on any atom is 0.239 e. The van der Waals surface area contributed by atoms with E-state index in [9.17, 15) is 8.78 Å². The Hall–Kier alpha value is -0.690. The average molecular weight is 216 g/mol. The van der Waals surface area contributed by atoms with Gasteiger partial charge in [-0.2, -0.15) is 5.26 Å². The van der Waals surface area contributed by atoms with Crippen LogP contribution in [-0.4, -0.2) is 31.0 Å². The van der Waals surface area contributed by atoms with E-state index in [0.29, 0.717) is 18.9 Å². The molecule has 15 heavy (non-hydrogen) atoms. The number of rotatable bonds is 4. The van der Waals surface area contributed by atoms with Gasteiger partial charge in [-0.25, -0.2) is 8.78 Å². The van der Waals surface area contributed by atoms with Gasteiger partial charge < -0.3 is 4.90 Å². The minimum Gasteiger partial charge on any atom is -0.303 e. The van der Waals surface area contributed by atoms with Crippen LogP contribution in [0.2, 0.25) is 0 Å². The van der Waals surface area contributed by atoms with Crippen molar-refractivity contribution in [2.75, 3.05) is 19.6 Å². The van der Waals surface area contributed by atoms with Gasteiger partial charge in [-0.05, 0) is 38.3 Å². The molecule has 0 aromatic heterocycles. The van der Waals surface area contributed by atoms with Gasteiger partial charge in [0.15, 0.2) is 0 Å². The monoisotopic (exact) mass is 216 g/mol.